The number of hydrogen-bond acceptors (Lipinski definition) is 0. The van der Waals surface area contributed by atoms with E-state index in [0.717, 1.165) is 29.6 Å². The van der Waals surface area contributed by atoms with Crippen molar-refractivity contribution in [3.05, 3.63) is 11.6 Å². The molecule has 4 unspecified atom stereocenters. The van der Waals surface area contributed by atoms with Gasteiger partial charge in [0.15, 0.2) is 0 Å². The van der Waals surface area contributed by atoms with Crippen molar-refractivity contribution in [2.75, 3.05) is 0 Å². The maximum Gasteiger partial charge on any atom is -0.0228 e. The van der Waals surface area contributed by atoms with E-state index in [4.69, 9.17) is 0 Å². The van der Waals surface area contributed by atoms with Crippen molar-refractivity contribution in [2.45, 2.75) is 58.8 Å². The first-order chi connectivity index (χ1) is 7.72. The highest BCUT2D eigenvalue weighted by Crippen LogP contribution is 2.50. The van der Waals surface area contributed by atoms with Crippen molar-refractivity contribution in [3.63, 3.8) is 0 Å². The molecule has 0 N–H and O–H groups in total. The molecule has 4 aliphatic carbocycles. The minimum Gasteiger partial charge on any atom is -0.0822 e. The molecule has 0 aliphatic heterocycles. The fourth-order valence-electron chi connectivity index (χ4n) is 4.49. The van der Waals surface area contributed by atoms with Crippen LogP contribution in [0.3, 0.4) is 0 Å². The van der Waals surface area contributed by atoms with Gasteiger partial charge in [0.05, 0.1) is 0 Å². The van der Waals surface area contributed by atoms with Gasteiger partial charge in [-0.05, 0) is 55.3 Å². The highest BCUT2D eigenvalue weighted by molar-refractivity contribution is 5.21. The molecule has 0 amide bonds. The number of fused-ring (bicyclic) bond motifs is 2. The molecule has 2 fully saturated rings. The third-order valence-corrected chi connectivity index (χ3v) is 5.54. The van der Waals surface area contributed by atoms with E-state index in [-0.39, 0.29) is 0 Å². The molecular weight excluding hydrogens is 192 g/mol. The lowest BCUT2D eigenvalue weighted by atomic mass is 9.61. The van der Waals surface area contributed by atoms with Gasteiger partial charge < -0.3 is 0 Å². The Morgan fingerprint density at radius 1 is 1.12 bits per heavy atom. The van der Waals surface area contributed by atoms with Gasteiger partial charge in [0, 0.05) is 0 Å². The summed E-state index contributed by atoms with van der Waals surface area (Å²) in [5.74, 6) is 5.10. The molecule has 0 heteroatoms. The van der Waals surface area contributed by atoms with Crippen LogP contribution in [0.5, 0.6) is 0 Å². The summed E-state index contributed by atoms with van der Waals surface area (Å²) in [5, 5.41) is 0. The predicted molar refractivity (Wildman–Crippen MR) is 69.2 cm³/mol. The molecule has 0 saturated heterocycles. The van der Waals surface area contributed by atoms with Crippen LogP contribution in [0.15, 0.2) is 11.6 Å². The maximum atomic E-state index is 2.59. The molecule has 2 bridgehead atoms. The molecule has 0 spiro atoms. The second kappa shape index (κ2) is 4.20. The average Bonchev–Trinajstić information content (AvgIpc) is 2.60. The van der Waals surface area contributed by atoms with Gasteiger partial charge in [0.25, 0.3) is 0 Å². The number of hydrogen-bond donors (Lipinski definition) is 0. The first kappa shape index (κ1) is 10.9. The van der Waals surface area contributed by atoms with E-state index in [1.165, 1.54) is 44.9 Å². The maximum absolute atomic E-state index is 2.59. The first-order valence-electron chi connectivity index (χ1n) is 7.42. The molecule has 90 valence electrons. The molecule has 0 aromatic heterocycles. The Morgan fingerprint density at radius 2 is 1.94 bits per heavy atom. The van der Waals surface area contributed by atoms with Crippen LogP contribution in [0.25, 0.3) is 0 Å². The normalized spacial score (nSPS) is 46.4. The molecule has 0 aromatic carbocycles. The summed E-state index contributed by atoms with van der Waals surface area (Å²) in [6, 6.07) is 0. The lowest BCUT2D eigenvalue weighted by Crippen LogP contribution is -2.33. The molecule has 16 heavy (non-hydrogen) atoms. The summed E-state index contributed by atoms with van der Waals surface area (Å²) in [4.78, 5) is 0. The molecule has 0 radical (unpaired) electrons. The van der Waals surface area contributed by atoms with Crippen molar-refractivity contribution >= 4 is 0 Å². The monoisotopic (exact) mass is 218 g/mol. The topological polar surface area (TPSA) is 0 Å². The third-order valence-electron chi connectivity index (χ3n) is 5.54. The largest absolute Gasteiger partial charge is 0.0822 e. The summed E-state index contributed by atoms with van der Waals surface area (Å²) in [5.41, 5.74) is 1.77. The van der Waals surface area contributed by atoms with E-state index in [2.05, 4.69) is 19.9 Å². The third kappa shape index (κ3) is 1.96. The fourth-order valence-corrected chi connectivity index (χ4v) is 4.49. The highest BCUT2D eigenvalue weighted by atomic mass is 14.4. The lowest BCUT2D eigenvalue weighted by Gasteiger charge is -2.44. The summed E-state index contributed by atoms with van der Waals surface area (Å²) >= 11 is 0. The summed E-state index contributed by atoms with van der Waals surface area (Å²) in [6.45, 7) is 4.89. The van der Waals surface area contributed by atoms with Crippen LogP contribution in [0.1, 0.15) is 58.8 Å². The summed E-state index contributed by atoms with van der Waals surface area (Å²) < 4.78 is 0. The summed E-state index contributed by atoms with van der Waals surface area (Å²) in [6.07, 6.45) is 13.1. The van der Waals surface area contributed by atoms with E-state index in [9.17, 15) is 0 Å². The summed E-state index contributed by atoms with van der Waals surface area (Å²) in [7, 11) is 0. The lowest BCUT2D eigenvalue weighted by molar-refractivity contribution is 0.170. The molecule has 4 aliphatic rings. The Balaban J connectivity index is 1.50. The highest BCUT2D eigenvalue weighted by Gasteiger charge is 2.38. The molecule has 4 rings (SSSR count). The molecule has 0 nitrogen and oxygen atoms in total. The van der Waals surface area contributed by atoms with Gasteiger partial charge in [0.1, 0.15) is 0 Å². The quantitative estimate of drug-likeness (QED) is 0.597. The van der Waals surface area contributed by atoms with Crippen molar-refractivity contribution in [3.8, 4) is 0 Å². The molecule has 2 saturated carbocycles. The zero-order valence-corrected chi connectivity index (χ0v) is 10.9. The van der Waals surface area contributed by atoms with Gasteiger partial charge in [0.2, 0.25) is 0 Å². The van der Waals surface area contributed by atoms with Crippen LogP contribution >= 0.6 is 0 Å². The van der Waals surface area contributed by atoms with Gasteiger partial charge in [-0.3, -0.25) is 0 Å². The van der Waals surface area contributed by atoms with Gasteiger partial charge in [-0.15, -0.1) is 0 Å². The van der Waals surface area contributed by atoms with Gasteiger partial charge in [-0.1, -0.05) is 44.8 Å². The Bertz CT molecular complexity index is 280. The Kier molecular flexibility index (Phi) is 2.85. The van der Waals surface area contributed by atoms with Crippen molar-refractivity contribution < 1.29 is 0 Å². The van der Waals surface area contributed by atoms with E-state index in [1.807, 2.05) is 0 Å². The zero-order valence-electron chi connectivity index (χ0n) is 10.9. The van der Waals surface area contributed by atoms with Gasteiger partial charge in [-0.25, -0.2) is 0 Å². The average molecular weight is 218 g/mol. The van der Waals surface area contributed by atoms with E-state index < -0.39 is 0 Å². The van der Waals surface area contributed by atoms with Crippen LogP contribution in [0.4, 0.5) is 0 Å². The SMILES string of the molecule is CC1CCC(CCC2C(C)C=C3CC2C3)C1. The second-order valence-corrected chi connectivity index (χ2v) is 6.88. The zero-order chi connectivity index (χ0) is 11.1. The van der Waals surface area contributed by atoms with E-state index in [1.54, 1.807) is 5.57 Å². The van der Waals surface area contributed by atoms with Crippen LogP contribution < -0.4 is 0 Å². The second-order valence-electron chi connectivity index (χ2n) is 6.88. The first-order valence-corrected chi connectivity index (χ1v) is 7.42. The van der Waals surface area contributed by atoms with E-state index in [0.29, 0.717) is 0 Å². The number of allylic oxidation sites excluding steroid dienone is 2. The Morgan fingerprint density at radius 3 is 2.56 bits per heavy atom. The van der Waals surface area contributed by atoms with Gasteiger partial charge in [-0.2, -0.15) is 0 Å². The molecule has 4 atom stereocenters. The molecule has 0 heterocycles. The Hall–Kier alpha value is -0.260. The Labute approximate surface area is 101 Å². The predicted octanol–water partition coefficient (Wildman–Crippen LogP) is 4.81. The van der Waals surface area contributed by atoms with Crippen molar-refractivity contribution in [2.24, 2.45) is 29.6 Å². The van der Waals surface area contributed by atoms with E-state index >= 15 is 0 Å². The fraction of sp³-hybridized carbons (Fsp3) is 0.875. The van der Waals surface area contributed by atoms with Crippen LogP contribution in [0.2, 0.25) is 0 Å². The van der Waals surface area contributed by atoms with Crippen LogP contribution in [-0.2, 0) is 0 Å². The standard InChI is InChI=1S/C16H26/c1-11-3-4-13(7-11)5-6-16-12(2)8-14-9-15(16)10-14/h8,11-13,15-16H,3-7,9-10H2,1-2H3. The smallest absolute Gasteiger partial charge is 0.0228 e. The minimum absolute atomic E-state index is 0.890. The van der Waals surface area contributed by atoms with Crippen LogP contribution in [0, 0.1) is 29.6 Å². The molecular formula is C16H26. The van der Waals surface area contributed by atoms with Crippen molar-refractivity contribution in [1.82, 2.24) is 0 Å². The minimum atomic E-state index is 0.890. The number of rotatable bonds is 3. The molecule has 0 aromatic rings. The van der Waals surface area contributed by atoms with Gasteiger partial charge >= 0.3 is 0 Å². The van der Waals surface area contributed by atoms with Crippen molar-refractivity contribution in [1.29, 1.82) is 0 Å². The van der Waals surface area contributed by atoms with Crippen LogP contribution in [-0.4, -0.2) is 0 Å².